The monoisotopic (exact) mass is 276 g/mol. The Bertz CT molecular complexity index is 581. The van der Waals surface area contributed by atoms with Crippen LogP contribution in [0.1, 0.15) is 5.56 Å². The Labute approximate surface area is 116 Å². The van der Waals surface area contributed by atoms with E-state index in [-0.39, 0.29) is 6.61 Å². The van der Waals surface area contributed by atoms with E-state index in [1.165, 1.54) is 0 Å². The summed E-state index contributed by atoms with van der Waals surface area (Å²) in [6.45, 7) is 1.80. The molecule has 0 spiro atoms. The number of rotatable bonds is 4. The molecule has 2 aromatic carbocycles. The standard InChI is InChI=1S/C15H13ClO3/c1-11-5-4-6-12(9-11)18-10-15(17)19-14-8-3-2-7-13(14)16/h2-9H,10H2,1H3. The van der Waals surface area contributed by atoms with E-state index in [0.29, 0.717) is 16.5 Å². The summed E-state index contributed by atoms with van der Waals surface area (Å²) in [7, 11) is 0. The number of hydrogen-bond donors (Lipinski definition) is 0. The number of benzene rings is 2. The molecule has 0 atom stereocenters. The highest BCUT2D eigenvalue weighted by Crippen LogP contribution is 2.23. The summed E-state index contributed by atoms with van der Waals surface area (Å²) in [5.74, 6) is 0.479. The lowest BCUT2D eigenvalue weighted by molar-refractivity contribution is -0.136. The van der Waals surface area contributed by atoms with Crippen molar-refractivity contribution in [1.82, 2.24) is 0 Å². The van der Waals surface area contributed by atoms with Crippen molar-refractivity contribution in [1.29, 1.82) is 0 Å². The summed E-state index contributed by atoms with van der Waals surface area (Å²) in [6, 6.07) is 14.3. The highest BCUT2D eigenvalue weighted by molar-refractivity contribution is 6.32. The molecule has 0 saturated carbocycles. The van der Waals surface area contributed by atoms with E-state index in [9.17, 15) is 4.79 Å². The molecule has 0 aliphatic rings. The first-order chi connectivity index (χ1) is 9.15. The van der Waals surface area contributed by atoms with Gasteiger partial charge in [0.1, 0.15) is 11.5 Å². The number of aryl methyl sites for hydroxylation is 1. The van der Waals surface area contributed by atoms with Crippen molar-refractivity contribution in [3.63, 3.8) is 0 Å². The van der Waals surface area contributed by atoms with Crippen LogP contribution in [0.2, 0.25) is 5.02 Å². The Kier molecular flexibility index (Phi) is 4.42. The van der Waals surface area contributed by atoms with Crippen molar-refractivity contribution in [3.8, 4) is 11.5 Å². The Morgan fingerprint density at radius 3 is 2.68 bits per heavy atom. The van der Waals surface area contributed by atoms with Crippen molar-refractivity contribution in [2.75, 3.05) is 6.61 Å². The van der Waals surface area contributed by atoms with Crippen molar-refractivity contribution >= 4 is 17.6 Å². The number of esters is 1. The molecule has 0 heterocycles. The van der Waals surface area contributed by atoms with Gasteiger partial charge in [0.15, 0.2) is 6.61 Å². The van der Waals surface area contributed by atoms with Crippen LogP contribution < -0.4 is 9.47 Å². The summed E-state index contributed by atoms with van der Waals surface area (Å²) < 4.78 is 10.4. The summed E-state index contributed by atoms with van der Waals surface area (Å²) in [4.78, 5) is 11.6. The van der Waals surface area contributed by atoms with Gasteiger partial charge >= 0.3 is 5.97 Å². The van der Waals surface area contributed by atoms with E-state index in [0.717, 1.165) is 5.56 Å². The molecule has 98 valence electrons. The number of carbonyl (C=O) groups is 1. The zero-order chi connectivity index (χ0) is 13.7. The minimum atomic E-state index is -0.491. The second kappa shape index (κ2) is 6.25. The van der Waals surface area contributed by atoms with E-state index in [4.69, 9.17) is 21.1 Å². The molecule has 0 N–H and O–H groups in total. The van der Waals surface area contributed by atoms with Gasteiger partial charge in [-0.05, 0) is 36.8 Å². The molecule has 0 amide bonds. The van der Waals surface area contributed by atoms with E-state index in [2.05, 4.69) is 0 Å². The predicted octanol–water partition coefficient (Wildman–Crippen LogP) is 3.63. The molecule has 4 heteroatoms. The predicted molar refractivity (Wildman–Crippen MR) is 73.8 cm³/mol. The molecule has 0 radical (unpaired) electrons. The first-order valence-corrected chi connectivity index (χ1v) is 6.17. The van der Waals surface area contributed by atoms with Gasteiger partial charge in [-0.2, -0.15) is 0 Å². The Morgan fingerprint density at radius 2 is 1.95 bits per heavy atom. The average molecular weight is 277 g/mol. The van der Waals surface area contributed by atoms with Crippen LogP contribution in [0.4, 0.5) is 0 Å². The quantitative estimate of drug-likeness (QED) is 0.632. The lowest BCUT2D eigenvalue weighted by Gasteiger charge is -2.08. The fraction of sp³-hybridized carbons (Fsp3) is 0.133. The minimum Gasteiger partial charge on any atom is -0.482 e. The van der Waals surface area contributed by atoms with Crippen molar-refractivity contribution in [2.24, 2.45) is 0 Å². The first-order valence-electron chi connectivity index (χ1n) is 5.80. The molecule has 2 aromatic rings. The number of carbonyl (C=O) groups excluding carboxylic acids is 1. The molecular weight excluding hydrogens is 264 g/mol. The van der Waals surface area contributed by atoms with Gasteiger partial charge in [0.2, 0.25) is 0 Å². The van der Waals surface area contributed by atoms with Crippen molar-refractivity contribution in [3.05, 3.63) is 59.1 Å². The maximum Gasteiger partial charge on any atom is 0.349 e. The lowest BCUT2D eigenvalue weighted by atomic mass is 10.2. The number of ether oxygens (including phenoxy) is 2. The maximum atomic E-state index is 11.6. The van der Waals surface area contributed by atoms with Gasteiger partial charge in [-0.15, -0.1) is 0 Å². The third-order valence-electron chi connectivity index (χ3n) is 2.41. The normalized spacial score (nSPS) is 10.0. The van der Waals surface area contributed by atoms with Gasteiger partial charge in [0.25, 0.3) is 0 Å². The minimum absolute atomic E-state index is 0.158. The van der Waals surface area contributed by atoms with Gasteiger partial charge in [-0.25, -0.2) is 4.79 Å². The molecule has 0 unspecified atom stereocenters. The molecular formula is C15H13ClO3. The summed E-state index contributed by atoms with van der Waals surface area (Å²) in [5, 5.41) is 0.395. The second-order valence-corrected chi connectivity index (χ2v) is 4.42. The van der Waals surface area contributed by atoms with Gasteiger partial charge in [0, 0.05) is 0 Å². The lowest BCUT2D eigenvalue weighted by Crippen LogP contribution is -2.17. The number of hydrogen-bond acceptors (Lipinski definition) is 3. The summed E-state index contributed by atoms with van der Waals surface area (Å²) >= 11 is 5.89. The van der Waals surface area contributed by atoms with Crippen molar-refractivity contribution < 1.29 is 14.3 Å². The zero-order valence-corrected chi connectivity index (χ0v) is 11.2. The van der Waals surface area contributed by atoms with Crippen LogP contribution >= 0.6 is 11.6 Å². The Morgan fingerprint density at radius 1 is 1.16 bits per heavy atom. The molecule has 0 aliphatic carbocycles. The molecule has 0 aliphatic heterocycles. The van der Waals surface area contributed by atoms with E-state index in [1.54, 1.807) is 30.3 Å². The number of halogens is 1. The highest BCUT2D eigenvalue weighted by atomic mass is 35.5. The molecule has 2 rings (SSSR count). The topological polar surface area (TPSA) is 35.5 Å². The van der Waals surface area contributed by atoms with E-state index < -0.39 is 5.97 Å². The smallest absolute Gasteiger partial charge is 0.349 e. The molecule has 0 aromatic heterocycles. The van der Waals surface area contributed by atoms with Crippen LogP contribution in [-0.2, 0) is 4.79 Å². The molecule has 0 fully saturated rings. The van der Waals surface area contributed by atoms with Crippen LogP contribution in [-0.4, -0.2) is 12.6 Å². The molecule has 3 nitrogen and oxygen atoms in total. The zero-order valence-electron chi connectivity index (χ0n) is 10.4. The van der Waals surface area contributed by atoms with Gasteiger partial charge in [-0.1, -0.05) is 35.9 Å². The Balaban J connectivity index is 1.90. The SMILES string of the molecule is Cc1cccc(OCC(=O)Oc2ccccc2Cl)c1. The van der Waals surface area contributed by atoms with Crippen LogP contribution in [0, 0.1) is 6.92 Å². The van der Waals surface area contributed by atoms with Crippen molar-refractivity contribution in [2.45, 2.75) is 6.92 Å². The van der Waals surface area contributed by atoms with Gasteiger partial charge in [0.05, 0.1) is 5.02 Å². The van der Waals surface area contributed by atoms with Crippen LogP contribution in [0.5, 0.6) is 11.5 Å². The maximum absolute atomic E-state index is 11.6. The highest BCUT2D eigenvalue weighted by Gasteiger charge is 2.08. The van der Waals surface area contributed by atoms with Crippen LogP contribution in [0.3, 0.4) is 0 Å². The molecule has 0 bridgehead atoms. The molecule has 19 heavy (non-hydrogen) atoms. The summed E-state index contributed by atoms with van der Waals surface area (Å²) in [5.41, 5.74) is 1.07. The average Bonchev–Trinajstić information content (AvgIpc) is 2.39. The fourth-order valence-corrected chi connectivity index (χ4v) is 1.70. The van der Waals surface area contributed by atoms with E-state index >= 15 is 0 Å². The second-order valence-electron chi connectivity index (χ2n) is 4.01. The molecule has 0 saturated heterocycles. The van der Waals surface area contributed by atoms with Gasteiger partial charge < -0.3 is 9.47 Å². The first kappa shape index (κ1) is 13.4. The van der Waals surface area contributed by atoms with Crippen LogP contribution in [0.25, 0.3) is 0 Å². The van der Waals surface area contributed by atoms with Crippen LogP contribution in [0.15, 0.2) is 48.5 Å². The Hall–Kier alpha value is -2.00. The third kappa shape index (κ3) is 4.00. The number of para-hydroxylation sites is 1. The fourth-order valence-electron chi connectivity index (χ4n) is 1.53. The van der Waals surface area contributed by atoms with E-state index in [1.807, 2.05) is 25.1 Å². The third-order valence-corrected chi connectivity index (χ3v) is 2.72. The largest absolute Gasteiger partial charge is 0.482 e. The van der Waals surface area contributed by atoms with Gasteiger partial charge in [-0.3, -0.25) is 0 Å². The summed E-state index contributed by atoms with van der Waals surface area (Å²) in [6.07, 6.45) is 0.